The summed E-state index contributed by atoms with van der Waals surface area (Å²) in [6, 6.07) is 0. The van der Waals surface area contributed by atoms with Crippen molar-refractivity contribution in [1.82, 2.24) is 0 Å². The normalized spacial score (nSPS) is 27.4. The lowest BCUT2D eigenvalue weighted by Crippen LogP contribution is -2.46. The van der Waals surface area contributed by atoms with Gasteiger partial charge in [-0.05, 0) is 18.8 Å². The molecule has 0 aromatic rings. The van der Waals surface area contributed by atoms with Crippen LogP contribution < -0.4 is 0 Å². The van der Waals surface area contributed by atoms with Gasteiger partial charge in [-0.25, -0.2) is 0 Å². The Morgan fingerprint density at radius 2 is 1.60 bits per heavy atom. The standard InChI is InChI=1S/C16H32O4/c1-6-17-10-14-7-15(19-8-12(2)3)16(11-18-14)20-9-13(4)5/h12-16H,6-11H2,1-5H3/t14-,15-,16-/m0/s1. The molecule has 0 N–H and O–H groups in total. The highest BCUT2D eigenvalue weighted by molar-refractivity contribution is 4.81. The van der Waals surface area contributed by atoms with E-state index in [4.69, 9.17) is 18.9 Å². The zero-order valence-corrected chi connectivity index (χ0v) is 13.8. The van der Waals surface area contributed by atoms with Crippen LogP contribution in [0.1, 0.15) is 41.0 Å². The minimum atomic E-state index is 0.0500. The highest BCUT2D eigenvalue weighted by Crippen LogP contribution is 2.21. The highest BCUT2D eigenvalue weighted by Gasteiger charge is 2.33. The van der Waals surface area contributed by atoms with E-state index in [9.17, 15) is 0 Å². The Kier molecular flexibility index (Phi) is 8.69. The lowest BCUT2D eigenvalue weighted by Gasteiger charge is -2.36. The SMILES string of the molecule is CCOC[C@@H]1C[C@H](OCC(C)C)[C@@H](OCC(C)C)CO1. The van der Waals surface area contributed by atoms with Gasteiger partial charge in [-0.1, -0.05) is 27.7 Å². The summed E-state index contributed by atoms with van der Waals surface area (Å²) in [5.74, 6) is 1.07. The van der Waals surface area contributed by atoms with Crippen LogP contribution in [0.5, 0.6) is 0 Å². The van der Waals surface area contributed by atoms with Crippen LogP contribution in [0.2, 0.25) is 0 Å². The second kappa shape index (κ2) is 9.72. The largest absolute Gasteiger partial charge is 0.379 e. The van der Waals surface area contributed by atoms with Crippen molar-refractivity contribution in [3.05, 3.63) is 0 Å². The molecule has 0 unspecified atom stereocenters. The van der Waals surface area contributed by atoms with Gasteiger partial charge in [-0.2, -0.15) is 0 Å². The van der Waals surface area contributed by atoms with Crippen LogP contribution >= 0.6 is 0 Å². The van der Waals surface area contributed by atoms with Crippen molar-refractivity contribution in [3.63, 3.8) is 0 Å². The summed E-state index contributed by atoms with van der Waals surface area (Å²) >= 11 is 0. The lowest BCUT2D eigenvalue weighted by atomic mass is 10.0. The Balaban J connectivity index is 2.45. The Hall–Kier alpha value is -0.160. The molecule has 0 aromatic carbocycles. The smallest absolute Gasteiger partial charge is 0.107 e. The maximum atomic E-state index is 6.04. The maximum absolute atomic E-state index is 6.04. The molecule has 20 heavy (non-hydrogen) atoms. The average molecular weight is 288 g/mol. The van der Waals surface area contributed by atoms with E-state index in [0.717, 1.165) is 26.2 Å². The molecule has 0 spiro atoms. The third kappa shape index (κ3) is 7.02. The Labute approximate surface area is 124 Å². The quantitative estimate of drug-likeness (QED) is 0.654. The van der Waals surface area contributed by atoms with E-state index >= 15 is 0 Å². The molecule has 0 aliphatic carbocycles. The summed E-state index contributed by atoms with van der Waals surface area (Å²) in [7, 11) is 0. The van der Waals surface area contributed by atoms with Crippen molar-refractivity contribution in [2.24, 2.45) is 11.8 Å². The monoisotopic (exact) mass is 288 g/mol. The van der Waals surface area contributed by atoms with Crippen LogP contribution in [0.3, 0.4) is 0 Å². The molecule has 0 saturated carbocycles. The van der Waals surface area contributed by atoms with E-state index < -0.39 is 0 Å². The zero-order chi connectivity index (χ0) is 15.0. The third-order valence-corrected chi connectivity index (χ3v) is 3.20. The molecule has 1 fully saturated rings. The second-order valence-electron chi connectivity index (χ2n) is 6.38. The molecule has 1 rings (SSSR count). The third-order valence-electron chi connectivity index (χ3n) is 3.20. The van der Waals surface area contributed by atoms with Crippen molar-refractivity contribution >= 4 is 0 Å². The Morgan fingerprint density at radius 3 is 2.15 bits per heavy atom. The first-order chi connectivity index (χ1) is 9.52. The summed E-state index contributed by atoms with van der Waals surface area (Å²) in [5.41, 5.74) is 0. The molecule has 1 aliphatic rings. The first kappa shape index (κ1) is 17.9. The molecule has 1 heterocycles. The van der Waals surface area contributed by atoms with Crippen molar-refractivity contribution in [2.45, 2.75) is 59.4 Å². The van der Waals surface area contributed by atoms with Gasteiger partial charge >= 0.3 is 0 Å². The number of rotatable bonds is 9. The van der Waals surface area contributed by atoms with Gasteiger partial charge < -0.3 is 18.9 Å². The van der Waals surface area contributed by atoms with Crippen LogP contribution in [0, 0.1) is 11.8 Å². The molecule has 0 bridgehead atoms. The topological polar surface area (TPSA) is 36.9 Å². The molecule has 120 valence electrons. The van der Waals surface area contributed by atoms with E-state index in [-0.39, 0.29) is 18.3 Å². The van der Waals surface area contributed by atoms with Crippen LogP contribution in [0.4, 0.5) is 0 Å². The maximum Gasteiger partial charge on any atom is 0.107 e. The summed E-state index contributed by atoms with van der Waals surface area (Å²) in [6.45, 7) is 14.2. The molecule has 3 atom stereocenters. The highest BCUT2D eigenvalue weighted by atomic mass is 16.6. The molecular formula is C16H32O4. The lowest BCUT2D eigenvalue weighted by molar-refractivity contribution is -0.178. The summed E-state index contributed by atoms with van der Waals surface area (Å²) < 4.78 is 23.3. The summed E-state index contributed by atoms with van der Waals surface area (Å²) in [4.78, 5) is 0. The average Bonchev–Trinajstić information content (AvgIpc) is 2.41. The molecular weight excluding hydrogens is 256 g/mol. The first-order valence-corrected chi connectivity index (χ1v) is 7.95. The van der Waals surface area contributed by atoms with Gasteiger partial charge in [0.25, 0.3) is 0 Å². The van der Waals surface area contributed by atoms with Gasteiger partial charge in [-0.15, -0.1) is 0 Å². The predicted molar refractivity (Wildman–Crippen MR) is 80.0 cm³/mol. The van der Waals surface area contributed by atoms with E-state index in [1.807, 2.05) is 6.92 Å². The van der Waals surface area contributed by atoms with Gasteiger partial charge in [-0.3, -0.25) is 0 Å². The zero-order valence-electron chi connectivity index (χ0n) is 13.8. The van der Waals surface area contributed by atoms with Crippen molar-refractivity contribution in [3.8, 4) is 0 Å². The first-order valence-electron chi connectivity index (χ1n) is 7.95. The molecule has 0 radical (unpaired) electrons. The fourth-order valence-electron chi connectivity index (χ4n) is 2.15. The fourth-order valence-corrected chi connectivity index (χ4v) is 2.15. The minimum absolute atomic E-state index is 0.0500. The molecule has 1 saturated heterocycles. The fraction of sp³-hybridized carbons (Fsp3) is 1.00. The van der Waals surface area contributed by atoms with Crippen LogP contribution in [-0.4, -0.2) is 51.3 Å². The molecule has 4 nitrogen and oxygen atoms in total. The predicted octanol–water partition coefficient (Wildman–Crippen LogP) is 2.89. The molecule has 0 aromatic heterocycles. The van der Waals surface area contributed by atoms with Crippen molar-refractivity contribution in [2.75, 3.05) is 33.0 Å². The van der Waals surface area contributed by atoms with Crippen LogP contribution in [0.15, 0.2) is 0 Å². The number of hydrogen-bond donors (Lipinski definition) is 0. The van der Waals surface area contributed by atoms with Gasteiger partial charge in [0.1, 0.15) is 6.10 Å². The van der Waals surface area contributed by atoms with Gasteiger partial charge in [0, 0.05) is 26.2 Å². The number of hydrogen-bond acceptors (Lipinski definition) is 4. The van der Waals surface area contributed by atoms with E-state index in [0.29, 0.717) is 25.0 Å². The molecule has 0 amide bonds. The van der Waals surface area contributed by atoms with Crippen LogP contribution in [0.25, 0.3) is 0 Å². The minimum Gasteiger partial charge on any atom is -0.379 e. The van der Waals surface area contributed by atoms with Gasteiger partial charge in [0.05, 0.1) is 25.4 Å². The van der Waals surface area contributed by atoms with E-state index in [2.05, 4.69) is 27.7 Å². The van der Waals surface area contributed by atoms with Gasteiger partial charge in [0.15, 0.2) is 0 Å². The van der Waals surface area contributed by atoms with Crippen molar-refractivity contribution < 1.29 is 18.9 Å². The Morgan fingerprint density at radius 1 is 1.00 bits per heavy atom. The second-order valence-corrected chi connectivity index (χ2v) is 6.38. The van der Waals surface area contributed by atoms with E-state index in [1.54, 1.807) is 0 Å². The van der Waals surface area contributed by atoms with Crippen molar-refractivity contribution in [1.29, 1.82) is 0 Å². The summed E-state index contributed by atoms with van der Waals surface area (Å²) in [5, 5.41) is 0. The molecule has 1 aliphatic heterocycles. The number of ether oxygens (including phenoxy) is 4. The summed E-state index contributed by atoms with van der Waals surface area (Å²) in [6.07, 6.45) is 1.16. The Bertz CT molecular complexity index is 243. The molecule has 4 heteroatoms. The van der Waals surface area contributed by atoms with E-state index in [1.165, 1.54) is 0 Å². The van der Waals surface area contributed by atoms with Gasteiger partial charge in [0.2, 0.25) is 0 Å². The van der Waals surface area contributed by atoms with Crippen LogP contribution in [-0.2, 0) is 18.9 Å².